The van der Waals surface area contributed by atoms with Crippen LogP contribution in [-0.2, 0) is 24.8 Å². The van der Waals surface area contributed by atoms with E-state index in [1.54, 1.807) is 0 Å². The molecule has 1 aliphatic heterocycles. The first kappa shape index (κ1) is 19.7. The Balaban J connectivity index is 1.69. The molecule has 0 saturated heterocycles. The molecule has 3 heteroatoms. The van der Waals surface area contributed by atoms with Crippen molar-refractivity contribution in [1.82, 2.24) is 9.55 Å². The van der Waals surface area contributed by atoms with Gasteiger partial charge in [-0.2, -0.15) is 0 Å². The van der Waals surface area contributed by atoms with Gasteiger partial charge in [0.05, 0.1) is 22.9 Å². The highest BCUT2D eigenvalue weighted by Crippen LogP contribution is 2.43. The number of nitrogens with zero attached hydrogens (tertiary/aromatic N) is 2. The van der Waals surface area contributed by atoms with Crippen molar-refractivity contribution in [3.63, 3.8) is 0 Å². The van der Waals surface area contributed by atoms with Crippen molar-refractivity contribution in [2.75, 3.05) is 0 Å². The maximum absolute atomic E-state index is 13.7. The Bertz CT molecular complexity index is 1460. The van der Waals surface area contributed by atoms with Gasteiger partial charge in [-0.15, -0.1) is 0 Å². The van der Waals surface area contributed by atoms with E-state index in [1.165, 1.54) is 22.3 Å². The van der Waals surface area contributed by atoms with Crippen molar-refractivity contribution in [2.45, 2.75) is 24.8 Å². The van der Waals surface area contributed by atoms with Gasteiger partial charge in [0.1, 0.15) is 5.82 Å². The van der Waals surface area contributed by atoms with E-state index in [4.69, 9.17) is 4.98 Å². The summed E-state index contributed by atoms with van der Waals surface area (Å²) in [6.07, 6.45) is 1.54. The highest BCUT2D eigenvalue weighted by molar-refractivity contribution is 5.77. The number of hydrogen-bond donors (Lipinski definition) is 0. The molecule has 0 aliphatic carbocycles. The highest BCUT2D eigenvalue weighted by Gasteiger charge is 2.43. The van der Waals surface area contributed by atoms with Crippen molar-refractivity contribution < 1.29 is 0 Å². The minimum Gasteiger partial charge on any atom is -0.291 e. The molecule has 0 spiro atoms. The van der Waals surface area contributed by atoms with Crippen molar-refractivity contribution in [2.24, 2.45) is 0 Å². The third-order valence-corrected chi connectivity index (χ3v) is 6.85. The molecule has 0 bridgehead atoms. The highest BCUT2D eigenvalue weighted by atomic mass is 16.1. The Labute approximate surface area is 193 Å². The monoisotopic (exact) mass is 428 g/mol. The molecule has 5 aromatic rings. The van der Waals surface area contributed by atoms with Gasteiger partial charge < -0.3 is 0 Å². The summed E-state index contributed by atoms with van der Waals surface area (Å²) in [5.74, 6) is 0.859. The zero-order valence-corrected chi connectivity index (χ0v) is 18.3. The van der Waals surface area contributed by atoms with Gasteiger partial charge in [0, 0.05) is 0 Å². The number of hydrogen-bond acceptors (Lipinski definition) is 2. The van der Waals surface area contributed by atoms with Crippen LogP contribution >= 0.6 is 0 Å². The largest absolute Gasteiger partial charge is 0.291 e. The molecule has 0 fully saturated rings. The average Bonchev–Trinajstić information content (AvgIpc) is 2.86. The first-order valence-corrected chi connectivity index (χ1v) is 11.4. The Kier molecular flexibility index (Phi) is 4.69. The van der Waals surface area contributed by atoms with Crippen molar-refractivity contribution in [1.29, 1.82) is 0 Å². The molecule has 2 heterocycles. The van der Waals surface area contributed by atoms with E-state index in [0.717, 1.165) is 24.2 Å². The summed E-state index contributed by atoms with van der Waals surface area (Å²) in [5.41, 5.74) is 5.27. The van der Waals surface area contributed by atoms with Crippen LogP contribution < -0.4 is 5.56 Å². The van der Waals surface area contributed by atoms with E-state index in [2.05, 4.69) is 72.8 Å². The summed E-state index contributed by atoms with van der Waals surface area (Å²) >= 11 is 0. The topological polar surface area (TPSA) is 34.9 Å². The molecular formula is C30H24N2O. The Morgan fingerprint density at radius 1 is 0.697 bits per heavy atom. The van der Waals surface area contributed by atoms with Crippen molar-refractivity contribution in [3.05, 3.63) is 148 Å². The van der Waals surface area contributed by atoms with E-state index < -0.39 is 5.41 Å². The third kappa shape index (κ3) is 3.28. The third-order valence-electron chi connectivity index (χ3n) is 6.85. The van der Waals surface area contributed by atoms with Gasteiger partial charge in [-0.3, -0.25) is 9.36 Å². The minimum atomic E-state index is -0.458. The summed E-state index contributed by atoms with van der Waals surface area (Å²) < 4.78 is 1.91. The van der Waals surface area contributed by atoms with Gasteiger partial charge in [0.25, 0.3) is 5.56 Å². The van der Waals surface area contributed by atoms with Crippen LogP contribution in [0.3, 0.4) is 0 Å². The van der Waals surface area contributed by atoms with Crippen LogP contribution in [-0.4, -0.2) is 9.55 Å². The molecular weight excluding hydrogens is 404 g/mol. The van der Waals surface area contributed by atoms with Crippen LogP contribution in [0.1, 0.15) is 28.1 Å². The first-order valence-electron chi connectivity index (χ1n) is 11.4. The lowest BCUT2D eigenvalue weighted by Gasteiger charge is -2.41. The number of para-hydroxylation sites is 1. The standard InChI is InChI=1S/C30H24N2O/c33-28-25-16-8-10-18-27(25)31-29-30(19-22-11-3-1-4-12-22,20-23-13-5-2-6-14-23)26-17-9-7-15-24(26)21-32(28)29/h1-18H,19-21H2. The fourth-order valence-electron chi connectivity index (χ4n) is 5.40. The van der Waals surface area contributed by atoms with Crippen LogP contribution in [0, 0.1) is 0 Å². The molecule has 33 heavy (non-hydrogen) atoms. The second-order valence-electron chi connectivity index (χ2n) is 8.91. The van der Waals surface area contributed by atoms with Crippen LogP contribution in [0.2, 0.25) is 0 Å². The molecule has 1 aliphatic rings. The molecule has 0 amide bonds. The van der Waals surface area contributed by atoms with E-state index in [9.17, 15) is 4.79 Å². The van der Waals surface area contributed by atoms with Gasteiger partial charge in [0.2, 0.25) is 0 Å². The van der Waals surface area contributed by atoms with Gasteiger partial charge in [-0.1, -0.05) is 97.1 Å². The van der Waals surface area contributed by atoms with Gasteiger partial charge in [0.15, 0.2) is 0 Å². The zero-order chi connectivity index (χ0) is 22.3. The predicted octanol–water partition coefficient (Wildman–Crippen LogP) is 5.53. The fourth-order valence-corrected chi connectivity index (χ4v) is 5.40. The van der Waals surface area contributed by atoms with Crippen molar-refractivity contribution >= 4 is 10.9 Å². The molecule has 0 saturated carbocycles. The predicted molar refractivity (Wildman–Crippen MR) is 133 cm³/mol. The second-order valence-corrected chi connectivity index (χ2v) is 8.91. The lowest BCUT2D eigenvalue weighted by molar-refractivity contribution is 0.416. The normalized spacial score (nSPS) is 13.9. The molecule has 1 aromatic heterocycles. The molecule has 0 unspecified atom stereocenters. The maximum atomic E-state index is 13.7. The molecule has 0 atom stereocenters. The van der Waals surface area contributed by atoms with Gasteiger partial charge >= 0.3 is 0 Å². The molecule has 0 N–H and O–H groups in total. The number of benzene rings is 4. The minimum absolute atomic E-state index is 0.0376. The molecule has 3 nitrogen and oxygen atoms in total. The SMILES string of the molecule is O=c1c2ccccc2nc2n1Cc1ccccc1C2(Cc1ccccc1)Cc1ccccc1. The van der Waals surface area contributed by atoms with Gasteiger partial charge in [-0.25, -0.2) is 4.98 Å². The van der Waals surface area contributed by atoms with E-state index >= 15 is 0 Å². The Morgan fingerprint density at radius 2 is 1.27 bits per heavy atom. The van der Waals surface area contributed by atoms with Crippen LogP contribution in [0.15, 0.2) is 114 Å². The van der Waals surface area contributed by atoms with Crippen LogP contribution in [0.25, 0.3) is 10.9 Å². The van der Waals surface area contributed by atoms with Crippen LogP contribution in [0.5, 0.6) is 0 Å². The lowest BCUT2D eigenvalue weighted by Crippen LogP contribution is -2.45. The number of fused-ring (bicyclic) bond motifs is 3. The molecule has 0 radical (unpaired) electrons. The van der Waals surface area contributed by atoms with E-state index in [-0.39, 0.29) is 5.56 Å². The second kappa shape index (κ2) is 7.86. The van der Waals surface area contributed by atoms with Crippen LogP contribution in [0.4, 0.5) is 0 Å². The quantitative estimate of drug-likeness (QED) is 0.377. The average molecular weight is 429 g/mol. The smallest absolute Gasteiger partial charge is 0.261 e. The lowest BCUT2D eigenvalue weighted by atomic mass is 9.67. The molecule has 4 aromatic carbocycles. The Morgan fingerprint density at radius 3 is 1.97 bits per heavy atom. The maximum Gasteiger partial charge on any atom is 0.261 e. The fraction of sp³-hybridized carbons (Fsp3) is 0.133. The molecule has 160 valence electrons. The summed E-state index contributed by atoms with van der Waals surface area (Å²) in [6.45, 7) is 0.549. The van der Waals surface area contributed by atoms with Crippen molar-refractivity contribution in [3.8, 4) is 0 Å². The summed E-state index contributed by atoms with van der Waals surface area (Å²) in [4.78, 5) is 18.9. The summed E-state index contributed by atoms with van der Waals surface area (Å²) in [7, 11) is 0. The first-order chi connectivity index (χ1) is 16.2. The summed E-state index contributed by atoms with van der Waals surface area (Å²) in [5, 5.41) is 0.675. The van der Waals surface area contributed by atoms with E-state index in [1.807, 2.05) is 41.0 Å². The van der Waals surface area contributed by atoms with Gasteiger partial charge in [-0.05, 0) is 47.2 Å². The number of aromatic nitrogens is 2. The summed E-state index contributed by atoms with van der Waals surface area (Å²) in [6, 6.07) is 37.4. The Hall–Kier alpha value is -3.98. The molecule has 6 rings (SSSR count). The zero-order valence-electron chi connectivity index (χ0n) is 18.3. The number of rotatable bonds is 4. The van der Waals surface area contributed by atoms with E-state index in [0.29, 0.717) is 11.9 Å².